The standard InChI is InChI=1S/C15H17BrN2/c1-10(11-5-4-6-12(16)9-11)15-13-7-2-3-8-14(13)17-18-15/h4-6,9-10H,2-3,7-8H2,1H3,(H,17,18). The maximum atomic E-state index is 4.56. The fourth-order valence-corrected chi connectivity index (χ4v) is 3.22. The van der Waals surface area contributed by atoms with Gasteiger partial charge < -0.3 is 0 Å². The van der Waals surface area contributed by atoms with Gasteiger partial charge in [-0.3, -0.25) is 5.10 Å². The van der Waals surface area contributed by atoms with E-state index in [1.165, 1.54) is 41.8 Å². The number of H-pyrrole nitrogens is 1. The van der Waals surface area contributed by atoms with Crippen molar-refractivity contribution in [2.24, 2.45) is 0 Å². The van der Waals surface area contributed by atoms with Crippen LogP contribution in [-0.2, 0) is 12.8 Å². The van der Waals surface area contributed by atoms with Gasteiger partial charge in [-0.15, -0.1) is 0 Å². The molecule has 3 rings (SSSR count). The third kappa shape index (κ3) is 2.12. The highest BCUT2D eigenvalue weighted by Crippen LogP contribution is 2.31. The Hall–Kier alpha value is -1.09. The molecule has 0 spiro atoms. The van der Waals surface area contributed by atoms with Crippen molar-refractivity contribution in [3.63, 3.8) is 0 Å². The summed E-state index contributed by atoms with van der Waals surface area (Å²) in [4.78, 5) is 0. The van der Waals surface area contributed by atoms with E-state index in [2.05, 4.69) is 57.3 Å². The molecule has 94 valence electrons. The second-order valence-electron chi connectivity index (χ2n) is 5.05. The van der Waals surface area contributed by atoms with Crippen molar-refractivity contribution in [3.05, 3.63) is 51.3 Å². The van der Waals surface area contributed by atoms with Crippen LogP contribution >= 0.6 is 15.9 Å². The molecule has 1 heterocycles. The van der Waals surface area contributed by atoms with Gasteiger partial charge >= 0.3 is 0 Å². The second-order valence-corrected chi connectivity index (χ2v) is 5.97. The van der Waals surface area contributed by atoms with Crippen molar-refractivity contribution in [1.29, 1.82) is 0 Å². The van der Waals surface area contributed by atoms with E-state index in [9.17, 15) is 0 Å². The third-order valence-corrected chi connectivity index (χ3v) is 4.34. The topological polar surface area (TPSA) is 28.7 Å². The van der Waals surface area contributed by atoms with Crippen LogP contribution in [0.5, 0.6) is 0 Å². The van der Waals surface area contributed by atoms with Crippen LogP contribution in [0.4, 0.5) is 0 Å². The van der Waals surface area contributed by atoms with E-state index in [-0.39, 0.29) is 0 Å². The molecule has 1 aliphatic rings. The number of nitrogens with zero attached hydrogens (tertiary/aromatic N) is 1. The van der Waals surface area contributed by atoms with Crippen molar-refractivity contribution in [2.75, 3.05) is 0 Å². The highest BCUT2D eigenvalue weighted by Gasteiger charge is 2.21. The van der Waals surface area contributed by atoms with E-state index < -0.39 is 0 Å². The predicted octanol–water partition coefficient (Wildman–Crippen LogP) is 4.20. The number of hydrogen-bond acceptors (Lipinski definition) is 1. The SMILES string of the molecule is CC(c1cccc(Br)c1)c1n[nH]c2c1CCCC2. The molecular formula is C15H17BrN2. The molecule has 2 nitrogen and oxygen atoms in total. The summed E-state index contributed by atoms with van der Waals surface area (Å²) in [6, 6.07) is 8.53. The van der Waals surface area contributed by atoms with Gasteiger partial charge in [0, 0.05) is 16.1 Å². The summed E-state index contributed by atoms with van der Waals surface area (Å²) in [6.07, 6.45) is 4.93. The van der Waals surface area contributed by atoms with Crippen molar-refractivity contribution in [1.82, 2.24) is 10.2 Å². The van der Waals surface area contributed by atoms with Gasteiger partial charge in [-0.1, -0.05) is 35.0 Å². The van der Waals surface area contributed by atoms with Crippen molar-refractivity contribution in [3.8, 4) is 0 Å². The molecule has 0 fully saturated rings. The fourth-order valence-electron chi connectivity index (χ4n) is 2.80. The molecule has 0 aliphatic heterocycles. The zero-order chi connectivity index (χ0) is 12.5. The van der Waals surface area contributed by atoms with Crippen LogP contribution in [0.3, 0.4) is 0 Å². The summed E-state index contributed by atoms with van der Waals surface area (Å²) in [7, 11) is 0. The Morgan fingerprint density at radius 2 is 2.11 bits per heavy atom. The summed E-state index contributed by atoms with van der Waals surface area (Å²) < 4.78 is 1.14. The first-order valence-corrected chi connectivity index (χ1v) is 7.36. The van der Waals surface area contributed by atoms with Gasteiger partial charge in [0.1, 0.15) is 0 Å². The summed E-state index contributed by atoms with van der Waals surface area (Å²) in [6.45, 7) is 2.24. The number of benzene rings is 1. The third-order valence-electron chi connectivity index (χ3n) is 3.85. The zero-order valence-corrected chi connectivity index (χ0v) is 12.1. The molecule has 0 bridgehead atoms. The number of halogens is 1. The lowest BCUT2D eigenvalue weighted by Crippen LogP contribution is -2.05. The first-order valence-electron chi connectivity index (χ1n) is 6.57. The zero-order valence-electron chi connectivity index (χ0n) is 10.5. The Balaban J connectivity index is 1.97. The predicted molar refractivity (Wildman–Crippen MR) is 76.9 cm³/mol. The van der Waals surface area contributed by atoms with Gasteiger partial charge in [-0.25, -0.2) is 0 Å². The van der Waals surface area contributed by atoms with Gasteiger partial charge in [0.2, 0.25) is 0 Å². The van der Waals surface area contributed by atoms with Gasteiger partial charge in [-0.2, -0.15) is 5.10 Å². The lowest BCUT2D eigenvalue weighted by atomic mass is 9.89. The van der Waals surface area contributed by atoms with Crippen LogP contribution in [0.2, 0.25) is 0 Å². The normalized spacial score (nSPS) is 16.3. The average molecular weight is 305 g/mol. The van der Waals surface area contributed by atoms with Crippen molar-refractivity contribution in [2.45, 2.75) is 38.5 Å². The smallest absolute Gasteiger partial charge is 0.0728 e. The van der Waals surface area contributed by atoms with Crippen LogP contribution < -0.4 is 0 Å². The Bertz CT molecular complexity index is 559. The molecule has 0 saturated carbocycles. The summed E-state index contributed by atoms with van der Waals surface area (Å²) in [5, 5.41) is 7.79. The second kappa shape index (κ2) is 4.88. The Labute approximate surface area is 116 Å². The van der Waals surface area contributed by atoms with Gasteiger partial charge in [0.05, 0.1) is 5.69 Å². The molecule has 2 aromatic rings. The summed E-state index contributed by atoms with van der Waals surface area (Å²) in [5.41, 5.74) is 5.39. The molecule has 0 amide bonds. The van der Waals surface area contributed by atoms with Crippen LogP contribution in [0, 0.1) is 0 Å². The van der Waals surface area contributed by atoms with E-state index in [1.54, 1.807) is 0 Å². The number of aryl methyl sites for hydroxylation is 1. The molecule has 1 unspecified atom stereocenters. The first kappa shape index (κ1) is 12.0. The minimum absolute atomic E-state index is 0.362. The molecule has 1 atom stereocenters. The van der Waals surface area contributed by atoms with Gasteiger partial charge in [-0.05, 0) is 48.9 Å². The Kier molecular flexibility index (Phi) is 3.25. The number of rotatable bonds is 2. The van der Waals surface area contributed by atoms with Gasteiger partial charge in [0.15, 0.2) is 0 Å². The number of aromatic amines is 1. The van der Waals surface area contributed by atoms with Gasteiger partial charge in [0.25, 0.3) is 0 Å². The maximum absolute atomic E-state index is 4.56. The van der Waals surface area contributed by atoms with E-state index in [1.807, 2.05) is 0 Å². The molecule has 1 N–H and O–H groups in total. The van der Waals surface area contributed by atoms with E-state index >= 15 is 0 Å². The molecule has 1 aliphatic carbocycles. The monoisotopic (exact) mass is 304 g/mol. The van der Waals surface area contributed by atoms with Crippen molar-refractivity contribution >= 4 is 15.9 Å². The lowest BCUT2D eigenvalue weighted by Gasteiger charge is -2.15. The fraction of sp³-hybridized carbons (Fsp3) is 0.400. The Morgan fingerprint density at radius 1 is 1.28 bits per heavy atom. The average Bonchev–Trinajstić information content (AvgIpc) is 2.82. The van der Waals surface area contributed by atoms with E-state index in [0.717, 1.165) is 10.9 Å². The molecule has 3 heteroatoms. The van der Waals surface area contributed by atoms with E-state index in [4.69, 9.17) is 0 Å². The molecule has 0 radical (unpaired) electrons. The number of aromatic nitrogens is 2. The summed E-state index contributed by atoms with van der Waals surface area (Å²) in [5.74, 6) is 0.362. The van der Waals surface area contributed by atoms with Crippen molar-refractivity contribution < 1.29 is 0 Å². The Morgan fingerprint density at radius 3 is 2.94 bits per heavy atom. The quantitative estimate of drug-likeness (QED) is 0.885. The lowest BCUT2D eigenvalue weighted by molar-refractivity contribution is 0.670. The van der Waals surface area contributed by atoms with Crippen LogP contribution in [0.25, 0.3) is 0 Å². The maximum Gasteiger partial charge on any atom is 0.0728 e. The molecule has 1 aromatic heterocycles. The van der Waals surface area contributed by atoms with Crippen LogP contribution in [0.15, 0.2) is 28.7 Å². The number of nitrogens with one attached hydrogen (secondary N) is 1. The first-order chi connectivity index (χ1) is 8.75. The van der Waals surface area contributed by atoms with E-state index in [0.29, 0.717) is 5.92 Å². The largest absolute Gasteiger partial charge is 0.282 e. The highest BCUT2D eigenvalue weighted by molar-refractivity contribution is 9.10. The molecule has 1 aromatic carbocycles. The van der Waals surface area contributed by atoms with Crippen LogP contribution in [0.1, 0.15) is 48.2 Å². The molecular weight excluding hydrogens is 288 g/mol. The number of hydrogen-bond donors (Lipinski definition) is 1. The molecule has 0 saturated heterocycles. The van der Waals surface area contributed by atoms with Crippen LogP contribution in [-0.4, -0.2) is 10.2 Å². The molecule has 18 heavy (non-hydrogen) atoms. The number of fused-ring (bicyclic) bond motifs is 1. The summed E-state index contributed by atoms with van der Waals surface area (Å²) >= 11 is 3.54. The highest BCUT2D eigenvalue weighted by atomic mass is 79.9. The minimum Gasteiger partial charge on any atom is -0.282 e. The minimum atomic E-state index is 0.362.